The first-order valence-corrected chi connectivity index (χ1v) is 6.89. The van der Waals surface area contributed by atoms with Crippen molar-refractivity contribution in [2.24, 2.45) is 0 Å². The molecule has 0 saturated heterocycles. The quantitative estimate of drug-likeness (QED) is 0.873. The zero-order valence-electron chi connectivity index (χ0n) is 11.8. The molecule has 3 heteroatoms. The van der Waals surface area contributed by atoms with E-state index in [0.717, 1.165) is 29.9 Å². The van der Waals surface area contributed by atoms with Gasteiger partial charge in [0.15, 0.2) is 0 Å². The van der Waals surface area contributed by atoms with Crippen LogP contribution in [-0.4, -0.2) is 12.5 Å². The van der Waals surface area contributed by atoms with Crippen molar-refractivity contribution in [3.8, 4) is 0 Å². The van der Waals surface area contributed by atoms with E-state index in [9.17, 15) is 4.79 Å². The van der Waals surface area contributed by atoms with Crippen LogP contribution in [0.25, 0.3) is 0 Å². The molecule has 1 amide bonds. The number of carbonyl (C=O) groups excluding carboxylic acids is 1. The van der Waals surface area contributed by atoms with E-state index in [4.69, 9.17) is 0 Å². The van der Waals surface area contributed by atoms with Crippen LogP contribution >= 0.6 is 0 Å². The third-order valence-corrected chi connectivity index (χ3v) is 3.93. The highest BCUT2D eigenvalue weighted by Gasteiger charge is 2.14. The zero-order chi connectivity index (χ0) is 14.1. The van der Waals surface area contributed by atoms with Gasteiger partial charge in [-0.05, 0) is 55.2 Å². The van der Waals surface area contributed by atoms with Crippen LogP contribution in [0.3, 0.4) is 0 Å². The lowest BCUT2D eigenvalue weighted by Crippen LogP contribution is -2.13. The third kappa shape index (κ3) is 2.27. The average molecular weight is 266 g/mol. The van der Waals surface area contributed by atoms with Crippen molar-refractivity contribution in [2.75, 3.05) is 17.2 Å². The molecule has 1 aliphatic heterocycles. The lowest BCUT2D eigenvalue weighted by molar-refractivity contribution is 0.102. The molecular weight excluding hydrogens is 248 g/mol. The van der Waals surface area contributed by atoms with Gasteiger partial charge in [0.05, 0.1) is 0 Å². The largest absolute Gasteiger partial charge is 0.384 e. The summed E-state index contributed by atoms with van der Waals surface area (Å²) in [5.41, 5.74) is 6.23. The maximum absolute atomic E-state index is 12.3. The molecule has 0 bridgehead atoms. The molecule has 2 aromatic rings. The van der Waals surface area contributed by atoms with Crippen molar-refractivity contribution >= 4 is 17.3 Å². The van der Waals surface area contributed by atoms with Crippen LogP contribution in [0.1, 0.15) is 27.0 Å². The fourth-order valence-corrected chi connectivity index (χ4v) is 2.51. The highest BCUT2D eigenvalue weighted by Crippen LogP contribution is 2.24. The molecule has 20 heavy (non-hydrogen) atoms. The fourth-order valence-electron chi connectivity index (χ4n) is 2.51. The summed E-state index contributed by atoms with van der Waals surface area (Å²) >= 11 is 0. The van der Waals surface area contributed by atoms with Gasteiger partial charge in [-0.1, -0.05) is 18.2 Å². The summed E-state index contributed by atoms with van der Waals surface area (Å²) in [4.78, 5) is 12.3. The summed E-state index contributed by atoms with van der Waals surface area (Å²) in [7, 11) is 0. The van der Waals surface area contributed by atoms with E-state index < -0.39 is 0 Å². The van der Waals surface area contributed by atoms with Gasteiger partial charge in [0.2, 0.25) is 0 Å². The first-order valence-electron chi connectivity index (χ1n) is 6.89. The Bertz CT molecular complexity index is 677. The number of hydrogen-bond acceptors (Lipinski definition) is 2. The van der Waals surface area contributed by atoms with Crippen LogP contribution in [0.5, 0.6) is 0 Å². The summed E-state index contributed by atoms with van der Waals surface area (Å²) < 4.78 is 0. The number of carbonyl (C=O) groups is 1. The molecule has 0 atom stereocenters. The molecule has 0 fully saturated rings. The van der Waals surface area contributed by atoms with Crippen molar-refractivity contribution < 1.29 is 4.79 Å². The minimum Gasteiger partial charge on any atom is -0.384 e. The van der Waals surface area contributed by atoms with E-state index >= 15 is 0 Å². The van der Waals surface area contributed by atoms with Gasteiger partial charge < -0.3 is 10.6 Å². The number of benzene rings is 2. The monoisotopic (exact) mass is 266 g/mol. The van der Waals surface area contributed by atoms with Crippen LogP contribution in [0.4, 0.5) is 11.4 Å². The number of aryl methyl sites for hydroxylation is 1. The number of fused-ring (bicyclic) bond motifs is 1. The van der Waals surface area contributed by atoms with E-state index in [1.807, 2.05) is 50.2 Å². The Morgan fingerprint density at radius 2 is 2.05 bits per heavy atom. The highest BCUT2D eigenvalue weighted by atomic mass is 16.1. The SMILES string of the molecule is Cc1cccc(NC(=O)c2ccc3c(c2)NCC3)c1C. The predicted octanol–water partition coefficient (Wildman–Crippen LogP) is 3.52. The van der Waals surface area contributed by atoms with Gasteiger partial charge in [-0.3, -0.25) is 4.79 Å². The summed E-state index contributed by atoms with van der Waals surface area (Å²) in [5, 5.41) is 6.29. The first kappa shape index (κ1) is 12.7. The molecule has 0 aromatic heterocycles. The second-order valence-corrected chi connectivity index (χ2v) is 5.25. The van der Waals surface area contributed by atoms with Gasteiger partial charge in [0.25, 0.3) is 5.91 Å². The Hall–Kier alpha value is -2.29. The minimum absolute atomic E-state index is 0.0600. The molecule has 102 valence electrons. The normalized spacial score (nSPS) is 12.7. The van der Waals surface area contributed by atoms with Crippen LogP contribution in [0.2, 0.25) is 0 Å². The molecule has 2 aromatic carbocycles. The van der Waals surface area contributed by atoms with Crippen molar-refractivity contribution in [1.82, 2.24) is 0 Å². The molecule has 1 heterocycles. The summed E-state index contributed by atoms with van der Waals surface area (Å²) in [6.07, 6.45) is 1.04. The van der Waals surface area contributed by atoms with E-state index in [0.29, 0.717) is 5.56 Å². The van der Waals surface area contributed by atoms with Gasteiger partial charge in [-0.25, -0.2) is 0 Å². The standard InChI is InChI=1S/C17H18N2O/c1-11-4-3-5-15(12(11)2)19-17(20)14-7-6-13-8-9-18-16(13)10-14/h3-7,10,18H,8-9H2,1-2H3,(H,19,20). The highest BCUT2D eigenvalue weighted by molar-refractivity contribution is 6.05. The lowest BCUT2D eigenvalue weighted by Gasteiger charge is -2.11. The predicted molar refractivity (Wildman–Crippen MR) is 82.5 cm³/mol. The average Bonchev–Trinajstić information content (AvgIpc) is 2.91. The Morgan fingerprint density at radius 1 is 1.20 bits per heavy atom. The van der Waals surface area contributed by atoms with Crippen LogP contribution < -0.4 is 10.6 Å². The van der Waals surface area contributed by atoms with E-state index in [1.165, 1.54) is 11.1 Å². The van der Waals surface area contributed by atoms with Crippen molar-refractivity contribution in [3.63, 3.8) is 0 Å². The Balaban J connectivity index is 1.84. The maximum Gasteiger partial charge on any atom is 0.255 e. The fraction of sp³-hybridized carbons (Fsp3) is 0.235. The summed E-state index contributed by atoms with van der Waals surface area (Å²) in [6, 6.07) is 11.8. The zero-order valence-corrected chi connectivity index (χ0v) is 11.8. The molecule has 0 aliphatic carbocycles. The van der Waals surface area contributed by atoms with Gasteiger partial charge in [-0.2, -0.15) is 0 Å². The van der Waals surface area contributed by atoms with Crippen molar-refractivity contribution in [2.45, 2.75) is 20.3 Å². The Morgan fingerprint density at radius 3 is 2.90 bits per heavy atom. The molecular formula is C17H18N2O. The molecule has 3 nitrogen and oxygen atoms in total. The van der Waals surface area contributed by atoms with Crippen LogP contribution in [0, 0.1) is 13.8 Å². The smallest absolute Gasteiger partial charge is 0.255 e. The number of hydrogen-bond donors (Lipinski definition) is 2. The topological polar surface area (TPSA) is 41.1 Å². The third-order valence-electron chi connectivity index (χ3n) is 3.93. The number of rotatable bonds is 2. The molecule has 0 spiro atoms. The number of nitrogens with one attached hydrogen (secondary N) is 2. The first-order chi connectivity index (χ1) is 9.65. The van der Waals surface area contributed by atoms with Gasteiger partial charge in [0.1, 0.15) is 0 Å². The molecule has 1 aliphatic rings. The molecule has 0 radical (unpaired) electrons. The second-order valence-electron chi connectivity index (χ2n) is 5.25. The summed E-state index contributed by atoms with van der Waals surface area (Å²) in [5.74, 6) is -0.0600. The van der Waals surface area contributed by atoms with Crippen molar-refractivity contribution in [3.05, 3.63) is 58.7 Å². The van der Waals surface area contributed by atoms with Crippen LogP contribution in [0.15, 0.2) is 36.4 Å². The molecule has 3 rings (SSSR count). The van der Waals surface area contributed by atoms with E-state index in [2.05, 4.69) is 10.6 Å². The summed E-state index contributed by atoms with van der Waals surface area (Å²) in [6.45, 7) is 5.02. The number of anilines is 2. The van der Waals surface area contributed by atoms with Gasteiger partial charge in [0, 0.05) is 23.5 Å². The Kier molecular flexibility index (Phi) is 3.18. The van der Waals surface area contributed by atoms with Gasteiger partial charge in [-0.15, -0.1) is 0 Å². The van der Waals surface area contributed by atoms with E-state index in [-0.39, 0.29) is 5.91 Å². The Labute approximate surface area is 119 Å². The van der Waals surface area contributed by atoms with Crippen LogP contribution in [-0.2, 0) is 6.42 Å². The molecule has 2 N–H and O–H groups in total. The minimum atomic E-state index is -0.0600. The van der Waals surface area contributed by atoms with E-state index in [1.54, 1.807) is 0 Å². The maximum atomic E-state index is 12.3. The molecule has 0 saturated carbocycles. The van der Waals surface area contributed by atoms with Crippen molar-refractivity contribution in [1.29, 1.82) is 0 Å². The molecule has 0 unspecified atom stereocenters. The second kappa shape index (κ2) is 5.00. The number of amides is 1. The lowest BCUT2D eigenvalue weighted by atomic mass is 10.1. The van der Waals surface area contributed by atoms with Gasteiger partial charge >= 0.3 is 0 Å².